The van der Waals surface area contributed by atoms with Crippen LogP contribution in [0.15, 0.2) is 18.2 Å². The normalized spacial score (nSPS) is 11.0. The van der Waals surface area contributed by atoms with Crippen molar-refractivity contribution in [3.8, 4) is 0 Å². The Bertz CT molecular complexity index is 535. The highest BCUT2D eigenvalue weighted by Crippen LogP contribution is 2.31. The third-order valence-electron chi connectivity index (χ3n) is 2.62. The van der Waals surface area contributed by atoms with Crippen LogP contribution in [0.25, 0.3) is 10.9 Å². The highest BCUT2D eigenvalue weighted by atomic mass is 35.5. The van der Waals surface area contributed by atoms with E-state index in [1.807, 2.05) is 25.1 Å². The van der Waals surface area contributed by atoms with Gasteiger partial charge in [0.1, 0.15) is 0 Å². The largest absolute Gasteiger partial charge is 0.252 e. The summed E-state index contributed by atoms with van der Waals surface area (Å²) in [5, 5.41) is 2.23. The molecule has 1 aromatic heterocycles. The van der Waals surface area contributed by atoms with Crippen molar-refractivity contribution < 1.29 is 0 Å². The molecular formula is C13H13Cl2N. The van der Waals surface area contributed by atoms with Crippen LogP contribution in [0, 0.1) is 6.92 Å². The van der Waals surface area contributed by atoms with Crippen molar-refractivity contribution >= 4 is 34.1 Å². The van der Waals surface area contributed by atoms with Gasteiger partial charge in [0.2, 0.25) is 0 Å². The molecule has 2 aromatic rings. The van der Waals surface area contributed by atoms with Gasteiger partial charge in [-0.05, 0) is 31.0 Å². The lowest BCUT2D eigenvalue weighted by Crippen LogP contribution is -1.93. The van der Waals surface area contributed by atoms with Gasteiger partial charge in [0.15, 0.2) is 0 Å². The molecule has 0 radical (unpaired) electrons. The van der Waals surface area contributed by atoms with Gasteiger partial charge in [-0.15, -0.1) is 0 Å². The summed E-state index contributed by atoms with van der Waals surface area (Å²) in [6.07, 6.45) is 2.01. The van der Waals surface area contributed by atoms with Gasteiger partial charge in [0, 0.05) is 11.1 Å². The third-order valence-corrected chi connectivity index (χ3v) is 3.24. The lowest BCUT2D eigenvalue weighted by Gasteiger charge is -2.08. The van der Waals surface area contributed by atoms with Crippen LogP contribution >= 0.6 is 23.2 Å². The number of hydrogen-bond donors (Lipinski definition) is 0. The lowest BCUT2D eigenvalue weighted by molar-refractivity contribution is 0.889. The average molecular weight is 254 g/mol. The summed E-state index contributed by atoms with van der Waals surface area (Å²) < 4.78 is 0. The van der Waals surface area contributed by atoms with Crippen LogP contribution in [0.5, 0.6) is 0 Å². The van der Waals surface area contributed by atoms with E-state index in [-0.39, 0.29) is 0 Å². The molecule has 1 heterocycles. The SMILES string of the molecule is CCCc1cc(Cl)c2c(Cl)ccc(C)c2n1. The summed E-state index contributed by atoms with van der Waals surface area (Å²) in [6.45, 7) is 4.16. The van der Waals surface area contributed by atoms with Crippen molar-refractivity contribution in [3.63, 3.8) is 0 Å². The van der Waals surface area contributed by atoms with E-state index < -0.39 is 0 Å². The molecule has 0 atom stereocenters. The van der Waals surface area contributed by atoms with Crippen LogP contribution < -0.4 is 0 Å². The van der Waals surface area contributed by atoms with E-state index in [4.69, 9.17) is 23.2 Å². The van der Waals surface area contributed by atoms with Crippen molar-refractivity contribution in [3.05, 3.63) is 39.5 Å². The summed E-state index contributed by atoms with van der Waals surface area (Å²) in [5.74, 6) is 0. The first kappa shape index (κ1) is 11.7. The number of fused-ring (bicyclic) bond motifs is 1. The van der Waals surface area contributed by atoms with E-state index in [1.165, 1.54) is 0 Å². The second-order valence-corrected chi connectivity index (χ2v) is 4.75. The van der Waals surface area contributed by atoms with Crippen molar-refractivity contribution in [2.75, 3.05) is 0 Å². The van der Waals surface area contributed by atoms with Crippen LogP contribution in [-0.2, 0) is 6.42 Å². The Hall–Kier alpha value is -0.790. The van der Waals surface area contributed by atoms with E-state index in [0.717, 1.165) is 35.0 Å². The predicted molar refractivity (Wildman–Crippen MR) is 70.5 cm³/mol. The highest BCUT2D eigenvalue weighted by molar-refractivity contribution is 6.42. The number of pyridine rings is 1. The molecular weight excluding hydrogens is 241 g/mol. The standard InChI is InChI=1S/C13H13Cl2N/c1-3-4-9-7-11(15)12-10(14)6-5-8(2)13(12)16-9/h5-7H,3-4H2,1-2H3. The first-order valence-electron chi connectivity index (χ1n) is 5.37. The molecule has 16 heavy (non-hydrogen) atoms. The molecule has 1 nitrogen and oxygen atoms in total. The minimum Gasteiger partial charge on any atom is -0.252 e. The molecule has 0 saturated heterocycles. The Morgan fingerprint density at radius 2 is 1.94 bits per heavy atom. The first-order chi connectivity index (χ1) is 7.63. The average Bonchev–Trinajstić information content (AvgIpc) is 2.23. The second kappa shape index (κ2) is 4.60. The molecule has 0 aliphatic rings. The molecule has 2 rings (SSSR count). The summed E-state index contributed by atoms with van der Waals surface area (Å²) in [5.41, 5.74) is 3.06. The quantitative estimate of drug-likeness (QED) is 0.749. The molecule has 84 valence electrons. The molecule has 0 aliphatic carbocycles. The van der Waals surface area contributed by atoms with Crippen molar-refractivity contribution in [1.29, 1.82) is 0 Å². The number of aryl methyl sites for hydroxylation is 2. The Morgan fingerprint density at radius 3 is 2.62 bits per heavy atom. The molecule has 0 N–H and O–H groups in total. The number of benzene rings is 1. The number of aromatic nitrogens is 1. The van der Waals surface area contributed by atoms with Gasteiger partial charge in [0.25, 0.3) is 0 Å². The molecule has 3 heteroatoms. The monoisotopic (exact) mass is 253 g/mol. The van der Waals surface area contributed by atoms with Crippen molar-refractivity contribution in [2.45, 2.75) is 26.7 Å². The molecule has 0 aliphatic heterocycles. The van der Waals surface area contributed by atoms with Crippen LogP contribution in [0.2, 0.25) is 10.0 Å². The smallest absolute Gasteiger partial charge is 0.0764 e. The zero-order chi connectivity index (χ0) is 11.7. The predicted octanol–water partition coefficient (Wildman–Crippen LogP) is 4.80. The molecule has 0 fully saturated rings. The minimum absolute atomic E-state index is 0.668. The van der Waals surface area contributed by atoms with Crippen LogP contribution in [0.3, 0.4) is 0 Å². The Balaban J connectivity index is 2.76. The molecule has 0 amide bonds. The Labute approximate surface area is 105 Å². The summed E-state index contributed by atoms with van der Waals surface area (Å²) in [6, 6.07) is 5.76. The summed E-state index contributed by atoms with van der Waals surface area (Å²) >= 11 is 12.4. The lowest BCUT2D eigenvalue weighted by atomic mass is 10.1. The van der Waals surface area contributed by atoms with Gasteiger partial charge in [-0.3, -0.25) is 4.98 Å². The number of nitrogens with zero attached hydrogens (tertiary/aromatic N) is 1. The number of rotatable bonds is 2. The van der Waals surface area contributed by atoms with Crippen LogP contribution in [0.4, 0.5) is 0 Å². The van der Waals surface area contributed by atoms with Crippen molar-refractivity contribution in [1.82, 2.24) is 4.98 Å². The maximum atomic E-state index is 6.25. The molecule has 0 bridgehead atoms. The molecule has 1 aromatic carbocycles. The van der Waals surface area contributed by atoms with Gasteiger partial charge in [-0.25, -0.2) is 0 Å². The van der Waals surface area contributed by atoms with Gasteiger partial charge in [-0.1, -0.05) is 42.6 Å². The maximum Gasteiger partial charge on any atom is 0.0764 e. The summed E-state index contributed by atoms with van der Waals surface area (Å²) in [7, 11) is 0. The molecule has 0 unspecified atom stereocenters. The van der Waals surface area contributed by atoms with E-state index in [1.54, 1.807) is 0 Å². The third kappa shape index (κ3) is 2.02. The topological polar surface area (TPSA) is 12.9 Å². The molecule has 0 saturated carbocycles. The number of halogens is 2. The van der Waals surface area contributed by atoms with E-state index in [9.17, 15) is 0 Å². The Kier molecular flexibility index (Phi) is 3.36. The zero-order valence-corrected chi connectivity index (χ0v) is 10.9. The number of hydrogen-bond acceptors (Lipinski definition) is 1. The van der Waals surface area contributed by atoms with E-state index in [0.29, 0.717) is 10.0 Å². The van der Waals surface area contributed by atoms with Gasteiger partial charge in [0.05, 0.1) is 15.6 Å². The maximum absolute atomic E-state index is 6.25. The van der Waals surface area contributed by atoms with Gasteiger partial charge >= 0.3 is 0 Å². The fraction of sp³-hybridized carbons (Fsp3) is 0.308. The minimum atomic E-state index is 0.668. The summed E-state index contributed by atoms with van der Waals surface area (Å²) in [4.78, 5) is 4.62. The fourth-order valence-electron chi connectivity index (χ4n) is 1.82. The van der Waals surface area contributed by atoms with Gasteiger partial charge < -0.3 is 0 Å². The highest BCUT2D eigenvalue weighted by Gasteiger charge is 2.09. The van der Waals surface area contributed by atoms with Crippen LogP contribution in [-0.4, -0.2) is 4.98 Å². The molecule has 0 spiro atoms. The van der Waals surface area contributed by atoms with E-state index in [2.05, 4.69) is 11.9 Å². The first-order valence-corrected chi connectivity index (χ1v) is 6.13. The zero-order valence-electron chi connectivity index (χ0n) is 9.35. The van der Waals surface area contributed by atoms with Crippen LogP contribution in [0.1, 0.15) is 24.6 Å². The van der Waals surface area contributed by atoms with E-state index >= 15 is 0 Å². The van der Waals surface area contributed by atoms with Crippen molar-refractivity contribution in [2.24, 2.45) is 0 Å². The second-order valence-electron chi connectivity index (χ2n) is 3.93. The Morgan fingerprint density at radius 1 is 1.19 bits per heavy atom. The fourth-order valence-corrected chi connectivity index (χ4v) is 2.44. The van der Waals surface area contributed by atoms with Gasteiger partial charge in [-0.2, -0.15) is 0 Å².